The van der Waals surface area contributed by atoms with Gasteiger partial charge < -0.3 is 19.3 Å². The molecule has 4 nitrogen and oxygen atoms in total. The lowest BCUT2D eigenvalue weighted by Gasteiger charge is -2.42. The van der Waals surface area contributed by atoms with E-state index in [4.69, 9.17) is 9.47 Å². The molecule has 0 N–H and O–H groups in total. The average Bonchev–Trinajstić information content (AvgIpc) is 2.68. The second-order valence-corrected chi connectivity index (χ2v) is 11.9. The van der Waals surface area contributed by atoms with Gasteiger partial charge in [-0.1, -0.05) is 6.42 Å². The van der Waals surface area contributed by atoms with Crippen molar-refractivity contribution < 1.29 is 9.47 Å². The Labute approximate surface area is 187 Å². The van der Waals surface area contributed by atoms with Gasteiger partial charge in [-0.3, -0.25) is 0 Å². The lowest BCUT2D eigenvalue weighted by Crippen LogP contribution is -2.44. The van der Waals surface area contributed by atoms with E-state index in [2.05, 4.69) is 44.4 Å². The van der Waals surface area contributed by atoms with Gasteiger partial charge in [0, 0.05) is 19.1 Å². The van der Waals surface area contributed by atoms with Crippen molar-refractivity contribution in [1.82, 2.24) is 9.80 Å². The van der Waals surface area contributed by atoms with Crippen LogP contribution in [0.1, 0.15) is 98.8 Å². The molecule has 0 amide bonds. The van der Waals surface area contributed by atoms with Crippen LogP contribution >= 0.6 is 0 Å². The summed E-state index contributed by atoms with van der Waals surface area (Å²) < 4.78 is 12.7. The first-order valence-electron chi connectivity index (χ1n) is 13.0. The summed E-state index contributed by atoms with van der Waals surface area (Å²) in [5.74, 6) is 0.757. The standard InChI is InChI=1S/C26H50N2O2/c1-25(2,3)29-19-18-27-15-9-10-22(21-27)20-26(4,5)30-24-13-11-23(12-14-24)28-16-7-6-8-17-28/h22-24H,6-21H2,1-5H3. The summed E-state index contributed by atoms with van der Waals surface area (Å²) in [5, 5.41) is 0. The first-order chi connectivity index (χ1) is 14.2. The van der Waals surface area contributed by atoms with Gasteiger partial charge in [0.1, 0.15) is 0 Å². The van der Waals surface area contributed by atoms with Gasteiger partial charge in [-0.15, -0.1) is 0 Å². The van der Waals surface area contributed by atoms with Gasteiger partial charge in [-0.2, -0.15) is 0 Å². The molecule has 0 bridgehead atoms. The van der Waals surface area contributed by atoms with Crippen LogP contribution in [0.25, 0.3) is 0 Å². The van der Waals surface area contributed by atoms with E-state index < -0.39 is 0 Å². The Kier molecular flexibility index (Phi) is 9.07. The number of hydrogen-bond donors (Lipinski definition) is 0. The fraction of sp³-hybridized carbons (Fsp3) is 1.00. The summed E-state index contributed by atoms with van der Waals surface area (Å²) in [5.41, 5.74) is -0.0315. The Balaban J connectivity index is 1.37. The maximum absolute atomic E-state index is 6.72. The molecule has 2 aliphatic heterocycles. The molecule has 3 fully saturated rings. The van der Waals surface area contributed by atoms with E-state index in [-0.39, 0.29) is 11.2 Å². The molecular weight excluding hydrogens is 372 g/mol. The van der Waals surface area contributed by atoms with Crippen LogP contribution in [0, 0.1) is 5.92 Å². The highest BCUT2D eigenvalue weighted by molar-refractivity contribution is 4.85. The maximum Gasteiger partial charge on any atom is 0.0633 e. The SMILES string of the molecule is CC(C)(C)OCCN1CCCC(CC(C)(C)OC2CCC(N3CCCCC3)CC2)C1. The molecule has 2 heterocycles. The van der Waals surface area contributed by atoms with Crippen LogP contribution < -0.4 is 0 Å². The summed E-state index contributed by atoms with van der Waals surface area (Å²) in [6.45, 7) is 18.1. The Hall–Kier alpha value is -0.160. The van der Waals surface area contributed by atoms with Crippen molar-refractivity contribution in [2.24, 2.45) is 5.92 Å². The van der Waals surface area contributed by atoms with Crippen LogP contribution in [0.15, 0.2) is 0 Å². The zero-order valence-electron chi connectivity index (χ0n) is 20.8. The summed E-state index contributed by atoms with van der Waals surface area (Å²) in [6, 6.07) is 0.829. The molecule has 0 spiro atoms. The highest BCUT2D eigenvalue weighted by Gasteiger charge is 2.33. The van der Waals surface area contributed by atoms with Crippen molar-refractivity contribution in [3.8, 4) is 0 Å². The summed E-state index contributed by atoms with van der Waals surface area (Å²) in [4.78, 5) is 5.38. The Morgan fingerprint density at radius 3 is 2.17 bits per heavy atom. The third-order valence-electron chi connectivity index (χ3n) is 7.36. The van der Waals surface area contributed by atoms with Crippen molar-refractivity contribution in [1.29, 1.82) is 0 Å². The average molecular weight is 423 g/mol. The minimum atomic E-state index is -0.0297. The van der Waals surface area contributed by atoms with E-state index in [0.717, 1.165) is 25.1 Å². The van der Waals surface area contributed by atoms with Crippen LogP contribution in [0.2, 0.25) is 0 Å². The number of likely N-dealkylation sites (tertiary alicyclic amines) is 2. The quantitative estimate of drug-likeness (QED) is 0.516. The molecule has 0 aromatic heterocycles. The van der Waals surface area contributed by atoms with Gasteiger partial charge in [0.05, 0.1) is 23.9 Å². The third kappa shape index (κ3) is 8.41. The molecule has 1 atom stereocenters. The molecule has 0 radical (unpaired) electrons. The highest BCUT2D eigenvalue weighted by Crippen LogP contribution is 2.33. The molecule has 2 saturated heterocycles. The van der Waals surface area contributed by atoms with Crippen molar-refractivity contribution in [3.63, 3.8) is 0 Å². The van der Waals surface area contributed by atoms with E-state index in [0.29, 0.717) is 6.10 Å². The van der Waals surface area contributed by atoms with Gasteiger partial charge in [0.15, 0.2) is 0 Å². The number of ether oxygens (including phenoxy) is 2. The topological polar surface area (TPSA) is 24.9 Å². The predicted molar refractivity (Wildman–Crippen MR) is 126 cm³/mol. The summed E-state index contributed by atoms with van der Waals surface area (Å²) in [7, 11) is 0. The van der Waals surface area contributed by atoms with E-state index in [1.807, 2.05) is 0 Å². The van der Waals surface area contributed by atoms with Crippen molar-refractivity contribution >= 4 is 0 Å². The smallest absolute Gasteiger partial charge is 0.0633 e. The molecule has 1 saturated carbocycles. The van der Waals surface area contributed by atoms with Gasteiger partial charge >= 0.3 is 0 Å². The fourth-order valence-electron chi connectivity index (χ4n) is 6.01. The summed E-state index contributed by atoms with van der Waals surface area (Å²) in [6.07, 6.45) is 13.8. The van der Waals surface area contributed by atoms with Crippen molar-refractivity contribution in [3.05, 3.63) is 0 Å². The maximum atomic E-state index is 6.72. The molecule has 4 heteroatoms. The predicted octanol–water partition coefficient (Wildman–Crippen LogP) is 5.50. The van der Waals surface area contributed by atoms with E-state index in [9.17, 15) is 0 Å². The normalized spacial score (nSPS) is 30.5. The van der Waals surface area contributed by atoms with E-state index in [1.54, 1.807) is 0 Å². The number of piperidine rings is 2. The number of hydrogen-bond acceptors (Lipinski definition) is 4. The minimum absolute atomic E-state index is 0.00177. The molecule has 3 aliphatic rings. The molecule has 0 aromatic rings. The monoisotopic (exact) mass is 422 g/mol. The molecule has 1 unspecified atom stereocenters. The molecule has 30 heavy (non-hydrogen) atoms. The Bertz CT molecular complexity index is 488. The third-order valence-corrected chi connectivity index (χ3v) is 7.36. The highest BCUT2D eigenvalue weighted by atomic mass is 16.5. The summed E-state index contributed by atoms with van der Waals surface area (Å²) >= 11 is 0. The Morgan fingerprint density at radius 2 is 1.50 bits per heavy atom. The van der Waals surface area contributed by atoms with Crippen molar-refractivity contribution in [2.75, 3.05) is 39.3 Å². The second-order valence-electron chi connectivity index (χ2n) is 11.9. The van der Waals surface area contributed by atoms with Gasteiger partial charge in [0.25, 0.3) is 0 Å². The first kappa shape index (κ1) is 24.5. The number of nitrogens with zero attached hydrogens (tertiary/aromatic N) is 2. The van der Waals surface area contributed by atoms with Gasteiger partial charge in [-0.25, -0.2) is 0 Å². The molecule has 176 valence electrons. The zero-order chi connectivity index (χ0) is 21.6. The Morgan fingerprint density at radius 1 is 0.800 bits per heavy atom. The minimum Gasteiger partial charge on any atom is -0.375 e. The van der Waals surface area contributed by atoms with Crippen LogP contribution in [-0.4, -0.2) is 72.5 Å². The molecule has 0 aromatic carbocycles. The van der Waals surface area contributed by atoms with Crippen LogP contribution in [0.4, 0.5) is 0 Å². The lowest BCUT2D eigenvalue weighted by molar-refractivity contribution is -0.106. The second kappa shape index (κ2) is 11.1. The fourth-order valence-corrected chi connectivity index (χ4v) is 6.01. The number of rotatable bonds is 8. The van der Waals surface area contributed by atoms with Gasteiger partial charge in [0.2, 0.25) is 0 Å². The lowest BCUT2D eigenvalue weighted by atomic mass is 9.86. The van der Waals surface area contributed by atoms with E-state index in [1.165, 1.54) is 90.4 Å². The van der Waals surface area contributed by atoms with E-state index >= 15 is 0 Å². The van der Waals surface area contributed by atoms with Crippen LogP contribution in [0.5, 0.6) is 0 Å². The molecular formula is C26H50N2O2. The van der Waals surface area contributed by atoms with Crippen molar-refractivity contribution in [2.45, 2.75) is 122 Å². The zero-order valence-corrected chi connectivity index (χ0v) is 20.8. The molecule has 3 rings (SSSR count). The van der Waals surface area contributed by atoms with Crippen LogP contribution in [0.3, 0.4) is 0 Å². The van der Waals surface area contributed by atoms with Crippen LogP contribution in [-0.2, 0) is 9.47 Å². The first-order valence-corrected chi connectivity index (χ1v) is 13.0. The van der Waals surface area contributed by atoms with Gasteiger partial charge in [-0.05, 0) is 118 Å². The largest absolute Gasteiger partial charge is 0.375 e. The molecule has 1 aliphatic carbocycles.